The summed E-state index contributed by atoms with van der Waals surface area (Å²) < 4.78 is 0.991. The number of fused-ring (bicyclic) bond motifs is 1. The van der Waals surface area contributed by atoms with E-state index >= 15 is 0 Å². The number of nitrogens with zero attached hydrogens (tertiary/aromatic N) is 2. The third-order valence-electron chi connectivity index (χ3n) is 4.20. The molecule has 4 rings (SSSR count). The summed E-state index contributed by atoms with van der Waals surface area (Å²) in [6.45, 7) is 1.87. The Balaban J connectivity index is 1.54. The smallest absolute Gasteiger partial charge is 0.151 e. The number of nitrogens with two attached hydrogens (primary N) is 1. The molecule has 0 fully saturated rings. The lowest BCUT2D eigenvalue weighted by molar-refractivity contribution is 0.959. The molecule has 1 atom stereocenters. The molecular formula is C23H20N4S. The van der Waals surface area contributed by atoms with E-state index in [-0.39, 0.29) is 6.04 Å². The molecule has 5 heteroatoms. The summed E-state index contributed by atoms with van der Waals surface area (Å²) in [6.07, 6.45) is 2.50. The second-order valence-corrected chi connectivity index (χ2v) is 7.64. The lowest BCUT2D eigenvalue weighted by atomic mass is 10.0. The summed E-state index contributed by atoms with van der Waals surface area (Å²) in [5.41, 5.74) is 10.2. The van der Waals surface area contributed by atoms with Gasteiger partial charge in [0.2, 0.25) is 0 Å². The van der Waals surface area contributed by atoms with Crippen LogP contribution < -0.4 is 11.1 Å². The SMILES string of the molecule is C[C@@H](N)C#Cc1cc2ncnc(Nc3ccc(Cc4ccccc4)cc3)c2s1. The molecule has 0 aliphatic heterocycles. The molecule has 0 aliphatic rings. The first kappa shape index (κ1) is 18.2. The molecule has 0 spiro atoms. The maximum atomic E-state index is 5.72. The fourth-order valence-corrected chi connectivity index (χ4v) is 3.78. The van der Waals surface area contributed by atoms with Gasteiger partial charge in [-0.05, 0) is 42.7 Å². The van der Waals surface area contributed by atoms with Crippen LogP contribution in [0.25, 0.3) is 10.2 Å². The van der Waals surface area contributed by atoms with Crippen molar-refractivity contribution in [1.29, 1.82) is 0 Å². The fourth-order valence-electron chi connectivity index (χ4n) is 2.86. The molecule has 2 heterocycles. The highest BCUT2D eigenvalue weighted by molar-refractivity contribution is 7.20. The summed E-state index contributed by atoms with van der Waals surface area (Å²) in [5.74, 6) is 6.88. The standard InChI is InChI=1S/C23H20N4S/c1-16(24)7-12-20-14-21-22(28-20)23(26-15-25-21)27-19-10-8-18(9-11-19)13-17-5-3-2-4-6-17/h2-6,8-11,14-16H,13,24H2,1H3,(H,25,26,27)/t16-/m1/s1. The van der Waals surface area contributed by atoms with E-state index < -0.39 is 0 Å². The van der Waals surface area contributed by atoms with Crippen LogP contribution in [-0.4, -0.2) is 16.0 Å². The van der Waals surface area contributed by atoms with Crippen molar-refractivity contribution in [3.63, 3.8) is 0 Å². The minimum absolute atomic E-state index is 0.150. The normalized spacial score (nSPS) is 11.6. The van der Waals surface area contributed by atoms with Crippen LogP contribution >= 0.6 is 11.3 Å². The lowest BCUT2D eigenvalue weighted by Gasteiger charge is -2.07. The number of rotatable bonds is 4. The number of hydrogen-bond acceptors (Lipinski definition) is 5. The van der Waals surface area contributed by atoms with Crippen molar-refractivity contribution >= 4 is 33.1 Å². The summed E-state index contributed by atoms with van der Waals surface area (Å²) in [5, 5.41) is 3.40. The average Bonchev–Trinajstić information content (AvgIpc) is 3.13. The van der Waals surface area contributed by atoms with Crippen LogP contribution in [0.15, 0.2) is 67.0 Å². The molecule has 2 aromatic heterocycles. The molecule has 0 aliphatic carbocycles. The monoisotopic (exact) mass is 384 g/mol. The molecule has 0 saturated heterocycles. The molecule has 138 valence electrons. The van der Waals surface area contributed by atoms with Gasteiger partial charge in [-0.3, -0.25) is 0 Å². The second kappa shape index (κ2) is 8.22. The average molecular weight is 385 g/mol. The van der Waals surface area contributed by atoms with Crippen molar-refractivity contribution in [3.05, 3.63) is 83.0 Å². The molecule has 4 aromatic rings. The van der Waals surface area contributed by atoms with Crippen molar-refractivity contribution in [2.75, 3.05) is 5.32 Å². The number of thiophene rings is 1. The van der Waals surface area contributed by atoms with Crippen LogP contribution in [0.2, 0.25) is 0 Å². The molecule has 0 radical (unpaired) electrons. The molecule has 0 unspecified atom stereocenters. The van der Waals surface area contributed by atoms with Gasteiger partial charge in [-0.25, -0.2) is 9.97 Å². The zero-order valence-corrected chi connectivity index (χ0v) is 16.3. The van der Waals surface area contributed by atoms with E-state index in [0.717, 1.165) is 33.0 Å². The Kier molecular flexibility index (Phi) is 5.34. The van der Waals surface area contributed by atoms with Crippen molar-refractivity contribution in [2.24, 2.45) is 5.73 Å². The summed E-state index contributed by atoms with van der Waals surface area (Å²) in [4.78, 5) is 9.71. The quantitative estimate of drug-likeness (QED) is 0.500. The van der Waals surface area contributed by atoms with Crippen LogP contribution in [0, 0.1) is 11.8 Å². The number of benzene rings is 2. The third kappa shape index (κ3) is 4.37. The summed E-state index contributed by atoms with van der Waals surface area (Å²) >= 11 is 1.57. The Morgan fingerprint density at radius 1 is 1.04 bits per heavy atom. The molecular weight excluding hydrogens is 364 g/mol. The highest BCUT2D eigenvalue weighted by Gasteiger charge is 2.08. The van der Waals surface area contributed by atoms with Gasteiger partial charge in [0.05, 0.1) is 21.1 Å². The fraction of sp³-hybridized carbons (Fsp3) is 0.130. The van der Waals surface area contributed by atoms with E-state index in [0.29, 0.717) is 0 Å². The topological polar surface area (TPSA) is 63.8 Å². The van der Waals surface area contributed by atoms with E-state index in [1.165, 1.54) is 11.1 Å². The van der Waals surface area contributed by atoms with Gasteiger partial charge < -0.3 is 11.1 Å². The van der Waals surface area contributed by atoms with E-state index in [9.17, 15) is 0 Å². The number of aromatic nitrogens is 2. The molecule has 0 amide bonds. The minimum Gasteiger partial charge on any atom is -0.339 e. The van der Waals surface area contributed by atoms with Gasteiger partial charge in [-0.15, -0.1) is 11.3 Å². The van der Waals surface area contributed by atoms with Crippen LogP contribution in [0.4, 0.5) is 11.5 Å². The molecule has 4 nitrogen and oxygen atoms in total. The van der Waals surface area contributed by atoms with Crippen molar-refractivity contribution in [2.45, 2.75) is 19.4 Å². The molecule has 0 bridgehead atoms. The lowest BCUT2D eigenvalue weighted by Crippen LogP contribution is -2.10. The Bertz CT molecular complexity index is 1140. The van der Waals surface area contributed by atoms with Crippen LogP contribution in [0.1, 0.15) is 22.9 Å². The number of anilines is 2. The van der Waals surface area contributed by atoms with Gasteiger partial charge in [0.25, 0.3) is 0 Å². The van der Waals surface area contributed by atoms with E-state index in [1.807, 2.05) is 19.1 Å². The Morgan fingerprint density at radius 2 is 1.79 bits per heavy atom. The maximum Gasteiger partial charge on any atom is 0.151 e. The highest BCUT2D eigenvalue weighted by atomic mass is 32.1. The zero-order chi connectivity index (χ0) is 19.3. The van der Waals surface area contributed by atoms with Gasteiger partial charge in [0.1, 0.15) is 6.33 Å². The second-order valence-electron chi connectivity index (χ2n) is 6.59. The number of nitrogens with one attached hydrogen (secondary N) is 1. The van der Waals surface area contributed by atoms with E-state index in [4.69, 9.17) is 5.73 Å². The first-order valence-electron chi connectivity index (χ1n) is 9.09. The molecule has 28 heavy (non-hydrogen) atoms. The Labute approximate surface area is 168 Å². The predicted octanol–water partition coefficient (Wildman–Crippen LogP) is 4.72. The molecule has 0 saturated carbocycles. The summed E-state index contributed by atoms with van der Waals surface area (Å²) in [6, 6.07) is 20.7. The Hall–Kier alpha value is -3.20. The molecule has 2 aromatic carbocycles. The largest absolute Gasteiger partial charge is 0.339 e. The van der Waals surface area contributed by atoms with Crippen LogP contribution in [0.3, 0.4) is 0 Å². The van der Waals surface area contributed by atoms with Crippen LogP contribution in [-0.2, 0) is 6.42 Å². The first-order chi connectivity index (χ1) is 13.7. The van der Waals surface area contributed by atoms with Crippen molar-refractivity contribution in [3.8, 4) is 11.8 Å². The first-order valence-corrected chi connectivity index (χ1v) is 9.90. The molecule has 3 N–H and O–H groups in total. The van der Waals surface area contributed by atoms with Gasteiger partial charge in [-0.2, -0.15) is 0 Å². The van der Waals surface area contributed by atoms with Crippen LogP contribution in [0.5, 0.6) is 0 Å². The zero-order valence-electron chi connectivity index (χ0n) is 15.5. The summed E-state index contributed by atoms with van der Waals surface area (Å²) in [7, 11) is 0. The van der Waals surface area contributed by atoms with Gasteiger partial charge >= 0.3 is 0 Å². The van der Waals surface area contributed by atoms with Gasteiger partial charge in [0, 0.05) is 5.69 Å². The van der Waals surface area contributed by atoms with Crippen molar-refractivity contribution < 1.29 is 0 Å². The minimum atomic E-state index is -0.150. The predicted molar refractivity (Wildman–Crippen MR) is 117 cm³/mol. The Morgan fingerprint density at radius 3 is 2.54 bits per heavy atom. The van der Waals surface area contributed by atoms with E-state index in [2.05, 4.69) is 75.7 Å². The van der Waals surface area contributed by atoms with Gasteiger partial charge in [0.15, 0.2) is 5.82 Å². The van der Waals surface area contributed by atoms with Gasteiger partial charge in [-0.1, -0.05) is 54.3 Å². The van der Waals surface area contributed by atoms with E-state index in [1.54, 1.807) is 17.7 Å². The number of hydrogen-bond donors (Lipinski definition) is 2. The third-order valence-corrected chi connectivity index (χ3v) is 5.25. The maximum absolute atomic E-state index is 5.72. The highest BCUT2D eigenvalue weighted by Crippen LogP contribution is 2.30. The van der Waals surface area contributed by atoms with Crippen molar-refractivity contribution in [1.82, 2.24) is 9.97 Å².